The van der Waals surface area contributed by atoms with E-state index in [4.69, 9.17) is 4.52 Å². The maximum atomic E-state index is 12.7. The fourth-order valence-corrected chi connectivity index (χ4v) is 3.92. The van der Waals surface area contributed by atoms with Gasteiger partial charge < -0.3 is 4.52 Å². The van der Waals surface area contributed by atoms with E-state index in [0.29, 0.717) is 16.6 Å². The summed E-state index contributed by atoms with van der Waals surface area (Å²) in [4.78, 5) is 12.7. The summed E-state index contributed by atoms with van der Waals surface area (Å²) in [6.07, 6.45) is 0.763. The number of amides is 1. The van der Waals surface area contributed by atoms with Crippen molar-refractivity contribution in [3.05, 3.63) is 64.9 Å². The van der Waals surface area contributed by atoms with Gasteiger partial charge >= 0.3 is 0 Å². The molecule has 0 radical (unpaired) electrons. The predicted octanol–water partition coefficient (Wildman–Crippen LogP) is 4.05. The number of nitrogens with zero attached hydrogens (tertiary/aromatic N) is 6. The number of fused-ring (bicyclic) bond motifs is 1. The summed E-state index contributed by atoms with van der Waals surface area (Å²) in [5, 5.41) is 25.3. The Morgan fingerprint density at radius 2 is 1.97 bits per heavy atom. The topological polar surface area (TPSA) is 112 Å². The minimum atomic E-state index is -0.376. The van der Waals surface area contributed by atoms with Crippen LogP contribution in [0.3, 0.4) is 0 Å². The third-order valence-electron chi connectivity index (χ3n) is 4.84. The minimum absolute atomic E-state index is 0.224. The Balaban J connectivity index is 1.48. The van der Waals surface area contributed by atoms with Crippen molar-refractivity contribution in [3.8, 4) is 17.0 Å². The van der Waals surface area contributed by atoms with Crippen LogP contribution in [0.2, 0.25) is 0 Å². The molecule has 9 nitrogen and oxygen atoms in total. The molecule has 0 fully saturated rings. The molecule has 5 rings (SSSR count). The first-order valence-electron chi connectivity index (χ1n) is 9.65. The van der Waals surface area contributed by atoms with Crippen LogP contribution in [0.1, 0.15) is 28.1 Å². The third-order valence-corrected chi connectivity index (χ3v) is 5.82. The number of aryl methyl sites for hydroxylation is 1. The van der Waals surface area contributed by atoms with E-state index in [-0.39, 0.29) is 11.6 Å². The molecule has 154 valence electrons. The van der Waals surface area contributed by atoms with Gasteiger partial charge in [0.2, 0.25) is 5.13 Å². The second-order valence-electron chi connectivity index (χ2n) is 6.82. The molecular weight excluding hydrogens is 414 g/mol. The maximum Gasteiger partial charge on any atom is 0.279 e. The van der Waals surface area contributed by atoms with Gasteiger partial charge in [-0.2, -0.15) is 0 Å². The van der Waals surface area contributed by atoms with E-state index in [1.165, 1.54) is 11.3 Å². The van der Waals surface area contributed by atoms with Gasteiger partial charge in [-0.05, 0) is 31.5 Å². The number of nitrogens with one attached hydrogen (secondary N) is 1. The zero-order valence-corrected chi connectivity index (χ0v) is 17.6. The van der Waals surface area contributed by atoms with Gasteiger partial charge in [-0.3, -0.25) is 10.1 Å². The molecule has 1 amide bonds. The van der Waals surface area contributed by atoms with Gasteiger partial charge in [0, 0.05) is 5.56 Å². The molecular formula is C21H17N7O2S. The normalized spacial score (nSPS) is 11.2. The van der Waals surface area contributed by atoms with E-state index in [9.17, 15) is 4.79 Å². The molecule has 3 aromatic heterocycles. The van der Waals surface area contributed by atoms with Gasteiger partial charge in [0.15, 0.2) is 11.5 Å². The monoisotopic (exact) mass is 431 g/mol. The van der Waals surface area contributed by atoms with Gasteiger partial charge in [-0.15, -0.1) is 15.3 Å². The highest BCUT2D eigenvalue weighted by Gasteiger charge is 2.20. The standard InChI is InChI=1S/C21H17N7O2S/c1-3-17-23-25-21(31-17)22-20(29)18-12(2)28(27-24-18)14-9-10-16-15(11-14)19(30-26-16)13-7-5-4-6-8-13/h4-11H,3H2,1-2H3,(H,22,25,29). The summed E-state index contributed by atoms with van der Waals surface area (Å²) in [5.41, 5.74) is 3.25. The van der Waals surface area contributed by atoms with Gasteiger partial charge in [0.05, 0.1) is 16.8 Å². The Morgan fingerprint density at radius 3 is 2.74 bits per heavy atom. The van der Waals surface area contributed by atoms with E-state index in [1.807, 2.05) is 55.5 Å². The van der Waals surface area contributed by atoms with Crippen LogP contribution in [0.4, 0.5) is 5.13 Å². The van der Waals surface area contributed by atoms with Crippen LogP contribution >= 0.6 is 11.3 Å². The first-order chi connectivity index (χ1) is 15.1. The number of anilines is 1. The van der Waals surface area contributed by atoms with Crippen LogP contribution in [0, 0.1) is 6.92 Å². The zero-order valence-electron chi connectivity index (χ0n) is 16.7. The smallest absolute Gasteiger partial charge is 0.279 e. The molecule has 0 saturated heterocycles. The Bertz CT molecular complexity index is 1390. The summed E-state index contributed by atoms with van der Waals surface area (Å²) in [7, 11) is 0. The van der Waals surface area contributed by atoms with Crippen LogP contribution in [0.5, 0.6) is 0 Å². The molecule has 0 aliphatic heterocycles. The van der Waals surface area contributed by atoms with Gasteiger partial charge in [-0.1, -0.05) is 59.0 Å². The predicted molar refractivity (Wildman–Crippen MR) is 116 cm³/mol. The zero-order chi connectivity index (χ0) is 21.4. The van der Waals surface area contributed by atoms with Crippen LogP contribution in [0.25, 0.3) is 27.9 Å². The summed E-state index contributed by atoms with van der Waals surface area (Å²) < 4.78 is 7.19. The number of benzene rings is 2. The summed E-state index contributed by atoms with van der Waals surface area (Å²) in [6.45, 7) is 3.78. The van der Waals surface area contributed by atoms with Crippen LogP contribution in [0.15, 0.2) is 53.1 Å². The van der Waals surface area contributed by atoms with Crippen molar-refractivity contribution >= 4 is 33.3 Å². The highest BCUT2D eigenvalue weighted by atomic mass is 32.1. The average Bonchev–Trinajstić information content (AvgIpc) is 3.52. The van der Waals surface area contributed by atoms with E-state index in [2.05, 4.69) is 31.0 Å². The molecule has 0 saturated carbocycles. The second-order valence-corrected chi connectivity index (χ2v) is 7.89. The highest BCUT2D eigenvalue weighted by Crippen LogP contribution is 2.30. The van der Waals surface area contributed by atoms with Crippen LogP contribution in [-0.4, -0.2) is 36.3 Å². The van der Waals surface area contributed by atoms with Crippen molar-refractivity contribution in [2.75, 3.05) is 5.32 Å². The Kier molecular flexibility index (Phi) is 4.75. The van der Waals surface area contributed by atoms with Crippen molar-refractivity contribution in [2.24, 2.45) is 0 Å². The molecule has 0 spiro atoms. The number of carbonyl (C=O) groups is 1. The maximum absolute atomic E-state index is 12.7. The molecule has 0 aliphatic carbocycles. The minimum Gasteiger partial charge on any atom is -0.355 e. The van der Waals surface area contributed by atoms with E-state index < -0.39 is 0 Å². The number of hydrogen-bond donors (Lipinski definition) is 1. The Labute approximate surface area is 180 Å². The summed E-state index contributed by atoms with van der Waals surface area (Å²) in [6, 6.07) is 15.4. The molecule has 5 aromatic rings. The number of rotatable bonds is 5. The summed E-state index contributed by atoms with van der Waals surface area (Å²) in [5.74, 6) is 0.301. The molecule has 3 heterocycles. The van der Waals surface area contributed by atoms with Crippen LogP contribution < -0.4 is 5.32 Å². The number of hydrogen-bond acceptors (Lipinski definition) is 8. The Morgan fingerprint density at radius 1 is 1.13 bits per heavy atom. The van der Waals surface area contributed by atoms with Crippen molar-refractivity contribution in [2.45, 2.75) is 20.3 Å². The Hall–Kier alpha value is -3.92. The van der Waals surface area contributed by atoms with E-state index >= 15 is 0 Å². The third kappa shape index (κ3) is 3.46. The lowest BCUT2D eigenvalue weighted by Gasteiger charge is -2.04. The second kappa shape index (κ2) is 7.73. The molecule has 0 bridgehead atoms. The van der Waals surface area contributed by atoms with Crippen molar-refractivity contribution < 1.29 is 9.32 Å². The quantitative estimate of drug-likeness (QED) is 0.447. The molecule has 1 N–H and O–H groups in total. The van der Waals surface area contributed by atoms with Crippen LogP contribution in [-0.2, 0) is 6.42 Å². The van der Waals surface area contributed by atoms with Gasteiger partial charge in [0.25, 0.3) is 5.91 Å². The average molecular weight is 431 g/mol. The van der Waals surface area contributed by atoms with Crippen molar-refractivity contribution in [1.29, 1.82) is 0 Å². The largest absolute Gasteiger partial charge is 0.355 e. The lowest BCUT2D eigenvalue weighted by molar-refractivity contribution is 0.102. The molecule has 31 heavy (non-hydrogen) atoms. The molecule has 2 aromatic carbocycles. The fourth-order valence-electron chi connectivity index (χ4n) is 3.25. The molecule has 0 atom stereocenters. The van der Waals surface area contributed by atoms with Crippen molar-refractivity contribution in [1.82, 2.24) is 30.3 Å². The van der Waals surface area contributed by atoms with E-state index in [1.54, 1.807) is 11.6 Å². The molecule has 0 aliphatic rings. The van der Waals surface area contributed by atoms with E-state index in [0.717, 1.165) is 33.6 Å². The molecule has 10 heteroatoms. The summed E-state index contributed by atoms with van der Waals surface area (Å²) >= 11 is 1.34. The van der Waals surface area contributed by atoms with Gasteiger partial charge in [0.1, 0.15) is 10.5 Å². The number of carbonyl (C=O) groups excluding carboxylic acids is 1. The molecule has 0 unspecified atom stereocenters. The highest BCUT2D eigenvalue weighted by molar-refractivity contribution is 7.15. The fraction of sp³-hybridized carbons (Fsp3) is 0.143. The van der Waals surface area contributed by atoms with Crippen molar-refractivity contribution in [3.63, 3.8) is 0 Å². The lowest BCUT2D eigenvalue weighted by Crippen LogP contribution is -2.14. The first-order valence-corrected chi connectivity index (χ1v) is 10.5. The number of aromatic nitrogens is 6. The van der Waals surface area contributed by atoms with Gasteiger partial charge in [-0.25, -0.2) is 4.68 Å². The first kappa shape index (κ1) is 19.1. The SMILES string of the molecule is CCc1nnc(NC(=O)c2nnn(-c3ccc4noc(-c5ccccc5)c4c3)c2C)s1. The lowest BCUT2D eigenvalue weighted by atomic mass is 10.1.